The molecule has 0 saturated carbocycles. The van der Waals surface area contributed by atoms with Gasteiger partial charge in [0.25, 0.3) is 0 Å². The average molecular weight is 638 g/mol. The maximum absolute atomic E-state index is 14.3. The number of aliphatic hydroxyl groups excluding tert-OH is 1. The van der Waals surface area contributed by atoms with E-state index in [0.29, 0.717) is 58.0 Å². The number of aliphatic hydroxyl groups is 1. The summed E-state index contributed by atoms with van der Waals surface area (Å²) in [5, 5.41) is 9.30. The Morgan fingerprint density at radius 1 is 1.13 bits per heavy atom. The fourth-order valence-corrected chi connectivity index (χ4v) is 7.49. The van der Waals surface area contributed by atoms with Crippen molar-refractivity contribution in [3.63, 3.8) is 0 Å². The first kappa shape index (κ1) is 35.4. The minimum atomic E-state index is -1.14. The molecule has 3 heterocycles. The number of ether oxygens (including phenoxy) is 2. The minimum absolute atomic E-state index is 0.0537. The highest BCUT2D eigenvalue weighted by molar-refractivity contribution is 5.98. The highest BCUT2D eigenvalue weighted by Gasteiger charge is 2.75. The van der Waals surface area contributed by atoms with Crippen LogP contribution in [0.2, 0.25) is 0 Å². The van der Waals surface area contributed by atoms with Crippen molar-refractivity contribution in [1.82, 2.24) is 14.7 Å². The largest absolute Gasteiger partial charge is 0.455 e. The molecule has 1 aromatic carbocycles. The van der Waals surface area contributed by atoms with Crippen LogP contribution in [0.4, 0.5) is 0 Å². The second-order valence-electron chi connectivity index (χ2n) is 13.1. The summed E-state index contributed by atoms with van der Waals surface area (Å²) in [7, 11) is 1.70. The molecule has 46 heavy (non-hydrogen) atoms. The Morgan fingerprint density at radius 3 is 2.48 bits per heavy atom. The molecule has 7 atom stereocenters. The molecule has 10 nitrogen and oxygen atoms in total. The lowest BCUT2D eigenvalue weighted by Gasteiger charge is -2.38. The minimum Gasteiger partial charge on any atom is -0.455 e. The number of unbranched alkanes of at least 4 members (excludes halogenated alkanes) is 2. The molecule has 3 saturated heterocycles. The Hall–Kier alpha value is -3.50. The lowest BCUT2D eigenvalue weighted by molar-refractivity contribution is -0.164. The van der Waals surface area contributed by atoms with Gasteiger partial charge < -0.3 is 29.3 Å². The lowest BCUT2D eigenvalue weighted by atomic mass is 9.70. The monoisotopic (exact) mass is 637 g/mol. The number of likely N-dealkylation sites (tertiary alicyclic amines) is 1. The summed E-state index contributed by atoms with van der Waals surface area (Å²) < 4.78 is 12.9. The summed E-state index contributed by atoms with van der Waals surface area (Å²) in [6.07, 6.45) is 5.78. The predicted molar refractivity (Wildman–Crippen MR) is 174 cm³/mol. The Kier molecular flexibility index (Phi) is 11.8. The van der Waals surface area contributed by atoms with Crippen LogP contribution >= 0.6 is 0 Å². The molecular weight excluding hydrogens is 586 g/mol. The van der Waals surface area contributed by atoms with Crippen molar-refractivity contribution in [2.75, 3.05) is 26.7 Å². The van der Waals surface area contributed by atoms with Gasteiger partial charge in [-0.3, -0.25) is 19.2 Å². The maximum Gasteiger partial charge on any atom is 0.313 e. The van der Waals surface area contributed by atoms with Crippen molar-refractivity contribution in [2.24, 2.45) is 11.8 Å². The van der Waals surface area contributed by atoms with Gasteiger partial charge >= 0.3 is 5.97 Å². The third-order valence-corrected chi connectivity index (χ3v) is 9.97. The number of carbonyl (C=O) groups is 4. The van der Waals surface area contributed by atoms with Crippen molar-refractivity contribution >= 4 is 23.7 Å². The van der Waals surface area contributed by atoms with Crippen LogP contribution in [0.25, 0.3) is 0 Å². The molecule has 1 aromatic rings. The van der Waals surface area contributed by atoms with Crippen LogP contribution < -0.4 is 0 Å². The molecule has 3 fully saturated rings. The molecular formula is C36H51N3O7. The lowest BCUT2D eigenvalue weighted by Crippen LogP contribution is -2.57. The van der Waals surface area contributed by atoms with Gasteiger partial charge in [0.2, 0.25) is 17.7 Å². The van der Waals surface area contributed by atoms with Gasteiger partial charge in [-0.2, -0.15) is 0 Å². The Balaban J connectivity index is 1.66. The quantitative estimate of drug-likeness (QED) is 0.156. The molecule has 3 aliphatic heterocycles. The van der Waals surface area contributed by atoms with E-state index in [0.717, 1.165) is 5.56 Å². The molecule has 0 unspecified atom stereocenters. The molecule has 4 rings (SSSR count). The van der Waals surface area contributed by atoms with E-state index in [-0.39, 0.29) is 30.4 Å². The SMILES string of the molecule is C=CCCC(=O)N(C)[C@H](C)[C@H](OC(=O)[C@@H]1[C@H]2C(=O)N(CCCCCO)[C@H](C(=O)N(CC=C)C(C)C)[C@]23CC[C@H]1O3)c1ccccc1. The van der Waals surface area contributed by atoms with Crippen molar-refractivity contribution < 1.29 is 33.8 Å². The third-order valence-electron chi connectivity index (χ3n) is 9.97. The van der Waals surface area contributed by atoms with Gasteiger partial charge in [0.05, 0.1) is 24.0 Å². The molecule has 1 spiro atoms. The van der Waals surface area contributed by atoms with Crippen molar-refractivity contribution in [2.45, 2.75) is 102 Å². The van der Waals surface area contributed by atoms with Crippen LogP contribution in [0.1, 0.15) is 77.4 Å². The van der Waals surface area contributed by atoms with Gasteiger partial charge in [-0.1, -0.05) is 42.5 Å². The smallest absolute Gasteiger partial charge is 0.313 e. The van der Waals surface area contributed by atoms with Crippen LogP contribution in [0.15, 0.2) is 55.6 Å². The molecule has 0 aromatic heterocycles. The fraction of sp³-hybridized carbons (Fsp3) is 0.611. The van der Waals surface area contributed by atoms with Crippen LogP contribution in [-0.2, 0) is 28.7 Å². The second kappa shape index (κ2) is 15.4. The number of benzene rings is 1. The molecule has 3 amide bonds. The summed E-state index contributed by atoms with van der Waals surface area (Å²) in [6.45, 7) is 13.9. The first-order valence-electron chi connectivity index (χ1n) is 16.7. The molecule has 1 N–H and O–H groups in total. The van der Waals surface area contributed by atoms with Gasteiger partial charge in [-0.25, -0.2) is 0 Å². The highest BCUT2D eigenvalue weighted by Crippen LogP contribution is 2.59. The Morgan fingerprint density at radius 2 is 1.85 bits per heavy atom. The summed E-state index contributed by atoms with van der Waals surface area (Å²) in [5.74, 6) is -2.87. The van der Waals surface area contributed by atoms with E-state index in [4.69, 9.17) is 9.47 Å². The number of allylic oxidation sites excluding steroid dienone is 1. The van der Waals surface area contributed by atoms with Crippen LogP contribution in [0.3, 0.4) is 0 Å². The number of rotatable bonds is 17. The number of esters is 1. The van der Waals surface area contributed by atoms with Gasteiger partial charge in [0, 0.05) is 39.2 Å². The summed E-state index contributed by atoms with van der Waals surface area (Å²) >= 11 is 0. The average Bonchev–Trinajstić information content (AvgIpc) is 3.69. The number of nitrogens with zero attached hydrogens (tertiary/aromatic N) is 3. The zero-order valence-corrected chi connectivity index (χ0v) is 27.8. The van der Waals surface area contributed by atoms with Crippen LogP contribution in [-0.4, -0.2) is 100 Å². The standard InChI is InChI=1S/C36H51N3O7/c1-7-9-18-28(41)37(6)25(5)31(26-16-12-10-13-17-26)45-35(44)29-27-19-20-36(46-27)30(29)33(42)39(22-14-11-15-23-40)32(36)34(43)38(21-8-2)24(3)4/h7-8,10,12-13,16-17,24-25,27,29-32,40H,1-2,9,11,14-15,18-23H2,3-6H3/t25-,27-,29+,30+,31+,32-,36+/m1/s1. The summed E-state index contributed by atoms with van der Waals surface area (Å²) in [5.41, 5.74) is -0.405. The Bertz CT molecular complexity index is 1270. The first-order valence-corrected chi connectivity index (χ1v) is 16.7. The van der Waals surface area contributed by atoms with Gasteiger partial charge in [-0.15, -0.1) is 13.2 Å². The van der Waals surface area contributed by atoms with Crippen LogP contribution in [0, 0.1) is 11.8 Å². The zero-order chi connectivity index (χ0) is 33.6. The van der Waals surface area contributed by atoms with E-state index in [2.05, 4.69) is 13.2 Å². The van der Waals surface area contributed by atoms with Crippen LogP contribution in [0.5, 0.6) is 0 Å². The predicted octanol–water partition coefficient (Wildman–Crippen LogP) is 4.04. The van der Waals surface area contributed by atoms with Gasteiger partial charge in [0.1, 0.15) is 17.7 Å². The van der Waals surface area contributed by atoms with E-state index in [1.165, 1.54) is 0 Å². The first-order chi connectivity index (χ1) is 22.0. The molecule has 0 radical (unpaired) electrons. The van der Waals surface area contributed by atoms with Crippen molar-refractivity contribution in [3.8, 4) is 0 Å². The molecule has 0 aliphatic carbocycles. The van der Waals surface area contributed by atoms with Gasteiger partial charge in [0.15, 0.2) is 0 Å². The fourth-order valence-electron chi connectivity index (χ4n) is 7.49. The van der Waals surface area contributed by atoms with Crippen molar-refractivity contribution in [1.29, 1.82) is 0 Å². The normalized spacial score (nSPS) is 26.0. The number of hydrogen-bond donors (Lipinski definition) is 1. The number of hydrogen-bond acceptors (Lipinski definition) is 7. The van der Waals surface area contributed by atoms with Crippen molar-refractivity contribution in [3.05, 3.63) is 61.2 Å². The number of amides is 3. The molecule has 10 heteroatoms. The van der Waals surface area contributed by atoms with E-state index in [1.54, 1.807) is 33.9 Å². The maximum atomic E-state index is 14.3. The third kappa shape index (κ3) is 6.79. The highest BCUT2D eigenvalue weighted by atomic mass is 16.6. The molecule has 252 valence electrons. The Labute approximate surface area is 273 Å². The topological polar surface area (TPSA) is 117 Å². The van der Waals surface area contributed by atoms with Gasteiger partial charge in [-0.05, 0) is 64.9 Å². The van der Waals surface area contributed by atoms with E-state index >= 15 is 0 Å². The van der Waals surface area contributed by atoms with E-state index in [9.17, 15) is 24.3 Å². The summed E-state index contributed by atoms with van der Waals surface area (Å²) in [6, 6.07) is 7.80. The number of fused-ring (bicyclic) bond motifs is 1. The number of likely N-dealkylation sites (N-methyl/N-ethyl adjacent to an activating group) is 1. The second-order valence-corrected chi connectivity index (χ2v) is 13.1. The summed E-state index contributed by atoms with van der Waals surface area (Å²) in [4.78, 5) is 60.8. The number of carbonyl (C=O) groups excluding carboxylic acids is 4. The molecule has 2 bridgehead atoms. The van der Waals surface area contributed by atoms with E-state index in [1.807, 2.05) is 51.1 Å². The molecule has 3 aliphatic rings. The zero-order valence-electron chi connectivity index (χ0n) is 27.8. The van der Waals surface area contributed by atoms with E-state index < -0.39 is 47.7 Å².